The molecule has 1 rings (SSSR count). The molecule has 38 valence electrons. The van der Waals surface area contributed by atoms with E-state index in [9.17, 15) is 0 Å². The van der Waals surface area contributed by atoms with Crippen LogP contribution in [0, 0.1) is 0 Å². The highest BCUT2D eigenvalue weighted by Gasteiger charge is 2.13. The van der Waals surface area contributed by atoms with Gasteiger partial charge in [0.05, 0.1) is 0 Å². The molecule has 0 saturated carbocycles. The maximum atomic E-state index is 5.34. The average molecular weight is 96.1 g/mol. The van der Waals surface area contributed by atoms with Gasteiger partial charge in [0.2, 0.25) is 0 Å². The van der Waals surface area contributed by atoms with Crippen LogP contribution in [0.2, 0.25) is 0 Å². The molecule has 0 heterocycles. The molecule has 0 amide bonds. The van der Waals surface area contributed by atoms with Gasteiger partial charge in [0, 0.05) is 25.4 Å². The van der Waals surface area contributed by atoms with Gasteiger partial charge < -0.3 is 5.73 Å². The van der Waals surface area contributed by atoms with Crippen LogP contribution >= 0.6 is 0 Å². The van der Waals surface area contributed by atoms with E-state index in [-0.39, 0.29) is 0 Å². The van der Waals surface area contributed by atoms with Crippen molar-refractivity contribution in [1.82, 2.24) is 0 Å². The Labute approximate surface area is 42.7 Å². The fourth-order valence-electron chi connectivity index (χ4n) is 0.445. The second-order valence-corrected chi connectivity index (χ2v) is 1.61. The zero-order chi connectivity index (χ0) is 5.28. The van der Waals surface area contributed by atoms with Crippen LogP contribution in [-0.4, -0.2) is 13.3 Å². The molecule has 0 fully saturated rings. The summed E-state index contributed by atoms with van der Waals surface area (Å²) < 4.78 is 0. The van der Waals surface area contributed by atoms with Crippen molar-refractivity contribution in [3.63, 3.8) is 0 Å². The van der Waals surface area contributed by atoms with E-state index in [1.807, 2.05) is 0 Å². The molecule has 1 aliphatic carbocycles. The van der Waals surface area contributed by atoms with Crippen molar-refractivity contribution < 1.29 is 0 Å². The van der Waals surface area contributed by atoms with Crippen LogP contribution in [0.1, 0.15) is 6.42 Å². The molecule has 2 heteroatoms. The molecule has 0 aromatic carbocycles. The van der Waals surface area contributed by atoms with Gasteiger partial charge in [-0.25, -0.2) is 0 Å². The van der Waals surface area contributed by atoms with Gasteiger partial charge in [0.15, 0.2) is 0 Å². The van der Waals surface area contributed by atoms with E-state index < -0.39 is 0 Å². The van der Waals surface area contributed by atoms with E-state index in [2.05, 4.69) is 4.99 Å². The minimum absolute atomic E-state index is 0.970. The third-order valence-electron chi connectivity index (χ3n) is 0.953. The van der Waals surface area contributed by atoms with Crippen LogP contribution in [-0.2, 0) is 0 Å². The lowest BCUT2D eigenvalue weighted by atomic mass is 10.5. The first kappa shape index (κ1) is 4.37. The fourth-order valence-corrected chi connectivity index (χ4v) is 0.445. The summed E-state index contributed by atoms with van der Waals surface area (Å²) in [5, 5.41) is 0. The summed E-state index contributed by atoms with van der Waals surface area (Å²) in [6.07, 6.45) is 2.77. The van der Waals surface area contributed by atoms with Crippen molar-refractivity contribution in [2.75, 3.05) is 7.05 Å². The molecular weight excluding hydrogens is 88.1 g/mol. The molecule has 0 radical (unpaired) electrons. The van der Waals surface area contributed by atoms with E-state index in [0.29, 0.717) is 0 Å². The zero-order valence-corrected chi connectivity index (χ0v) is 4.31. The minimum Gasteiger partial charge on any atom is -0.401 e. The molecule has 0 unspecified atom stereocenters. The topological polar surface area (TPSA) is 38.4 Å². The third kappa shape index (κ3) is 0.796. The maximum absolute atomic E-state index is 5.34. The van der Waals surface area contributed by atoms with Crippen LogP contribution < -0.4 is 5.73 Å². The number of aliphatic imine (C=N–C) groups is 1. The van der Waals surface area contributed by atoms with E-state index in [1.54, 1.807) is 13.3 Å². The van der Waals surface area contributed by atoms with E-state index >= 15 is 0 Å². The molecular formula is C5H8N2. The van der Waals surface area contributed by atoms with Crippen molar-refractivity contribution >= 4 is 6.21 Å². The second-order valence-electron chi connectivity index (χ2n) is 1.61. The molecule has 7 heavy (non-hydrogen) atoms. The van der Waals surface area contributed by atoms with Crippen molar-refractivity contribution in [3.8, 4) is 0 Å². The second kappa shape index (κ2) is 1.37. The van der Waals surface area contributed by atoms with Gasteiger partial charge in [-0.3, -0.25) is 4.99 Å². The van der Waals surface area contributed by atoms with Gasteiger partial charge in [-0.1, -0.05) is 0 Å². The van der Waals surface area contributed by atoms with E-state index in [1.165, 1.54) is 5.57 Å². The van der Waals surface area contributed by atoms with E-state index in [4.69, 9.17) is 5.73 Å². The highest BCUT2D eigenvalue weighted by Crippen LogP contribution is 2.22. The Morgan fingerprint density at radius 2 is 2.43 bits per heavy atom. The van der Waals surface area contributed by atoms with Crippen molar-refractivity contribution in [2.24, 2.45) is 10.7 Å². The molecule has 0 atom stereocenters. The van der Waals surface area contributed by atoms with Crippen LogP contribution in [0.25, 0.3) is 0 Å². The normalized spacial score (nSPS) is 19.0. The smallest absolute Gasteiger partial charge is 0.0277 e. The third-order valence-corrected chi connectivity index (χ3v) is 0.953. The van der Waals surface area contributed by atoms with Crippen molar-refractivity contribution in [3.05, 3.63) is 11.3 Å². The van der Waals surface area contributed by atoms with Crippen LogP contribution in [0.15, 0.2) is 16.3 Å². The van der Waals surface area contributed by atoms with Gasteiger partial charge in [-0.15, -0.1) is 0 Å². The lowest BCUT2D eigenvalue weighted by Gasteiger charge is -1.64. The monoisotopic (exact) mass is 96.1 g/mol. The van der Waals surface area contributed by atoms with E-state index in [0.717, 1.165) is 12.1 Å². The predicted octanol–water partition coefficient (Wildman–Crippen LogP) is 0.304. The lowest BCUT2D eigenvalue weighted by Crippen LogP contribution is -1.77. The summed E-state index contributed by atoms with van der Waals surface area (Å²) in [5.74, 6) is 0. The number of nitrogens with two attached hydrogens (primary N) is 1. The number of nitrogens with zero attached hydrogens (tertiary/aromatic N) is 1. The number of rotatable bonds is 1. The number of hydrogen-bond donors (Lipinski definition) is 1. The average Bonchev–Trinajstić information content (AvgIpc) is 2.22. The van der Waals surface area contributed by atoms with Crippen LogP contribution in [0.5, 0.6) is 0 Å². The molecule has 0 aromatic heterocycles. The minimum atomic E-state index is 0.970. The summed E-state index contributed by atoms with van der Waals surface area (Å²) in [6.45, 7) is 0. The summed E-state index contributed by atoms with van der Waals surface area (Å²) in [4.78, 5) is 3.79. The highest BCUT2D eigenvalue weighted by molar-refractivity contribution is 5.85. The Hall–Kier alpha value is -0.790. The molecule has 0 spiro atoms. The summed E-state index contributed by atoms with van der Waals surface area (Å²) in [6, 6.07) is 0. The molecule has 0 saturated heterocycles. The standard InChI is InChI=1S/C5H8N2/c1-7-3-4-2-5(4)6/h3H,2,6H2,1H3. The highest BCUT2D eigenvalue weighted by atomic mass is 14.7. The van der Waals surface area contributed by atoms with Crippen molar-refractivity contribution in [1.29, 1.82) is 0 Å². The number of allylic oxidation sites excluding steroid dienone is 2. The van der Waals surface area contributed by atoms with Crippen LogP contribution in [0.3, 0.4) is 0 Å². The predicted molar refractivity (Wildman–Crippen MR) is 30.2 cm³/mol. The van der Waals surface area contributed by atoms with Gasteiger partial charge in [-0.05, 0) is 5.57 Å². The Morgan fingerprint density at radius 1 is 1.86 bits per heavy atom. The Balaban J connectivity index is 2.47. The molecule has 0 aliphatic heterocycles. The Bertz CT molecular complexity index is 133. The molecule has 0 aromatic rings. The lowest BCUT2D eigenvalue weighted by molar-refractivity contribution is 1.40. The van der Waals surface area contributed by atoms with Gasteiger partial charge in [0.25, 0.3) is 0 Å². The molecule has 2 nitrogen and oxygen atoms in total. The molecule has 1 aliphatic rings. The number of hydrogen-bond acceptors (Lipinski definition) is 2. The first-order chi connectivity index (χ1) is 3.34. The van der Waals surface area contributed by atoms with Crippen LogP contribution in [0.4, 0.5) is 0 Å². The SMILES string of the molecule is CN=CC1=C(N)C1. The quantitative estimate of drug-likeness (QED) is 0.468. The summed E-state index contributed by atoms with van der Waals surface area (Å²) in [5.41, 5.74) is 7.53. The van der Waals surface area contributed by atoms with Gasteiger partial charge >= 0.3 is 0 Å². The summed E-state index contributed by atoms with van der Waals surface area (Å²) in [7, 11) is 1.75. The Kier molecular flexibility index (Phi) is 0.855. The maximum Gasteiger partial charge on any atom is 0.0277 e. The molecule has 2 N–H and O–H groups in total. The van der Waals surface area contributed by atoms with Gasteiger partial charge in [0.1, 0.15) is 0 Å². The van der Waals surface area contributed by atoms with Gasteiger partial charge in [-0.2, -0.15) is 0 Å². The zero-order valence-electron chi connectivity index (χ0n) is 4.31. The fraction of sp³-hybridized carbons (Fsp3) is 0.400. The summed E-state index contributed by atoms with van der Waals surface area (Å²) >= 11 is 0. The first-order valence-electron chi connectivity index (χ1n) is 2.24. The Morgan fingerprint density at radius 3 is 2.57 bits per heavy atom. The largest absolute Gasteiger partial charge is 0.401 e. The molecule has 0 bridgehead atoms. The first-order valence-corrected chi connectivity index (χ1v) is 2.24. The van der Waals surface area contributed by atoms with Crippen molar-refractivity contribution in [2.45, 2.75) is 6.42 Å².